The predicted octanol–water partition coefficient (Wildman–Crippen LogP) is 5.98. The molecule has 10 heteroatoms. The van der Waals surface area contributed by atoms with Crippen LogP contribution in [0.25, 0.3) is 11.1 Å². The highest BCUT2D eigenvalue weighted by Gasteiger charge is 2.36. The lowest BCUT2D eigenvalue weighted by atomic mass is 9.98. The first-order valence-electron chi connectivity index (χ1n) is 17.2. The fourth-order valence-electron chi connectivity index (χ4n) is 5.46. The lowest BCUT2D eigenvalue weighted by Crippen LogP contribution is -2.57. The van der Waals surface area contributed by atoms with Gasteiger partial charge in [-0.15, -0.1) is 0 Å². The third-order valence-electron chi connectivity index (χ3n) is 8.61. The minimum absolute atomic E-state index is 0.232. The van der Waals surface area contributed by atoms with Gasteiger partial charge in [-0.1, -0.05) is 91.0 Å². The zero-order valence-electron chi connectivity index (χ0n) is 31.8. The molecule has 0 aromatic heterocycles. The highest BCUT2D eigenvalue weighted by atomic mass is 16.6. The molecule has 3 aromatic rings. The van der Waals surface area contributed by atoms with Gasteiger partial charge in [-0.3, -0.25) is 19.4 Å². The van der Waals surface area contributed by atoms with Gasteiger partial charge in [0.25, 0.3) is 5.91 Å². The van der Waals surface area contributed by atoms with Crippen LogP contribution in [0.2, 0.25) is 0 Å². The van der Waals surface area contributed by atoms with Crippen LogP contribution in [-0.4, -0.2) is 102 Å². The van der Waals surface area contributed by atoms with Gasteiger partial charge < -0.3 is 19.9 Å². The summed E-state index contributed by atoms with van der Waals surface area (Å²) in [4.78, 5) is 57.4. The number of likely N-dealkylation sites (N-methyl/N-ethyl adjacent to an activating group) is 3. The van der Waals surface area contributed by atoms with Gasteiger partial charge in [0.2, 0.25) is 11.8 Å². The van der Waals surface area contributed by atoms with E-state index in [1.54, 1.807) is 67.1 Å². The molecule has 3 aromatic carbocycles. The number of hydrazine groups is 1. The second-order valence-electron chi connectivity index (χ2n) is 14.7. The molecule has 51 heavy (non-hydrogen) atoms. The summed E-state index contributed by atoms with van der Waals surface area (Å²) in [7, 11) is 8.44. The van der Waals surface area contributed by atoms with Crippen molar-refractivity contribution in [3.05, 3.63) is 108 Å². The molecule has 2 atom stereocenters. The molecular formula is C41H55N5O5. The number of nitrogens with zero attached hydrogens (tertiary/aromatic N) is 4. The van der Waals surface area contributed by atoms with Crippen molar-refractivity contribution in [3.8, 4) is 11.1 Å². The predicted molar refractivity (Wildman–Crippen MR) is 203 cm³/mol. The van der Waals surface area contributed by atoms with E-state index in [-0.39, 0.29) is 24.1 Å². The van der Waals surface area contributed by atoms with Crippen molar-refractivity contribution in [1.82, 2.24) is 25.1 Å². The Morgan fingerprint density at radius 3 is 1.69 bits per heavy atom. The first-order chi connectivity index (χ1) is 23.9. The Kier molecular flexibility index (Phi) is 14.1. The van der Waals surface area contributed by atoms with Gasteiger partial charge in [0.05, 0.1) is 0 Å². The lowest BCUT2D eigenvalue weighted by molar-refractivity contribution is -0.154. The van der Waals surface area contributed by atoms with E-state index in [4.69, 9.17) is 4.74 Å². The number of ether oxygens (including phenoxy) is 1. The van der Waals surface area contributed by atoms with Crippen LogP contribution in [-0.2, 0) is 32.0 Å². The Bertz CT molecular complexity index is 1630. The van der Waals surface area contributed by atoms with Crippen LogP contribution < -0.4 is 5.32 Å². The number of carbonyl (C=O) groups excluding carboxylic acids is 4. The molecular weight excluding hydrogens is 642 g/mol. The first kappa shape index (κ1) is 40.5. The van der Waals surface area contributed by atoms with Crippen LogP contribution in [0.15, 0.2) is 97.1 Å². The van der Waals surface area contributed by atoms with E-state index in [1.165, 1.54) is 20.9 Å². The van der Waals surface area contributed by atoms with Gasteiger partial charge >= 0.3 is 6.09 Å². The largest absolute Gasteiger partial charge is 0.444 e. The minimum Gasteiger partial charge on any atom is -0.444 e. The van der Waals surface area contributed by atoms with Crippen molar-refractivity contribution in [2.75, 3.05) is 35.2 Å². The first-order valence-corrected chi connectivity index (χ1v) is 17.2. The molecule has 0 fully saturated rings. The van der Waals surface area contributed by atoms with Crippen molar-refractivity contribution >= 4 is 23.8 Å². The summed E-state index contributed by atoms with van der Waals surface area (Å²) in [5.41, 5.74) is 2.55. The average molecular weight is 698 g/mol. The molecule has 0 aliphatic carbocycles. The van der Waals surface area contributed by atoms with E-state index in [0.29, 0.717) is 12.8 Å². The monoisotopic (exact) mass is 697 g/mol. The summed E-state index contributed by atoms with van der Waals surface area (Å²) in [6.07, 6.45) is 3.44. The zero-order valence-corrected chi connectivity index (χ0v) is 31.8. The second-order valence-corrected chi connectivity index (χ2v) is 14.7. The van der Waals surface area contributed by atoms with Gasteiger partial charge in [-0.05, 0) is 69.4 Å². The smallest absolute Gasteiger partial charge is 0.408 e. The normalized spacial score (nSPS) is 13.0. The average Bonchev–Trinajstić information content (AvgIpc) is 3.07. The van der Waals surface area contributed by atoms with Crippen molar-refractivity contribution in [2.24, 2.45) is 0 Å². The molecule has 0 spiro atoms. The van der Waals surface area contributed by atoms with E-state index in [2.05, 4.69) is 5.32 Å². The Morgan fingerprint density at radius 2 is 1.16 bits per heavy atom. The summed E-state index contributed by atoms with van der Waals surface area (Å²) < 4.78 is 5.39. The number of carbonyl (C=O) groups is 4. The molecule has 0 unspecified atom stereocenters. The van der Waals surface area contributed by atoms with Crippen LogP contribution in [0.1, 0.15) is 52.2 Å². The molecule has 274 valence electrons. The SMILES string of the molecule is CN(C(=O)/C=C/CC(C)(C)NC(=O)OC(C)(C)C)[C@H](Cc1ccc(-c2ccccc2)cc1)C(=O)N(C)[C@H](Cc1ccccc1)C(=O)N(C)N(C)C. The number of amides is 4. The quantitative estimate of drug-likeness (QED) is 0.164. The van der Waals surface area contributed by atoms with Crippen molar-refractivity contribution in [3.63, 3.8) is 0 Å². The van der Waals surface area contributed by atoms with E-state index < -0.39 is 29.3 Å². The number of hydrogen-bond acceptors (Lipinski definition) is 6. The summed E-state index contributed by atoms with van der Waals surface area (Å²) in [5.74, 6) is -0.994. The topological polar surface area (TPSA) is 102 Å². The van der Waals surface area contributed by atoms with E-state index in [9.17, 15) is 19.2 Å². The molecule has 4 amide bonds. The van der Waals surface area contributed by atoms with Crippen molar-refractivity contribution in [2.45, 2.75) is 77.1 Å². The fraction of sp³-hybridized carbons (Fsp3) is 0.415. The molecule has 0 radical (unpaired) electrons. The van der Waals surface area contributed by atoms with Crippen molar-refractivity contribution < 1.29 is 23.9 Å². The Balaban J connectivity index is 1.91. The highest BCUT2D eigenvalue weighted by molar-refractivity contribution is 5.95. The molecule has 3 rings (SSSR count). The summed E-state index contributed by atoms with van der Waals surface area (Å²) in [6.45, 7) is 9.05. The number of hydrogen-bond donors (Lipinski definition) is 1. The van der Waals surface area contributed by atoms with Crippen LogP contribution in [0.4, 0.5) is 4.79 Å². The third-order valence-corrected chi connectivity index (χ3v) is 8.61. The number of alkyl carbamates (subject to hydrolysis) is 1. The van der Waals surface area contributed by atoms with E-state index in [0.717, 1.165) is 22.3 Å². The molecule has 0 saturated heterocycles. The standard InChI is InChI=1S/C41H55N5O5/c1-40(2,3)51-39(50)42-41(4,5)27-17-22-36(47)44(8)34(29-31-23-25-33(26-24-31)32-20-15-12-16-21-32)37(48)45(9)35(38(49)46(10)43(6)7)28-30-18-13-11-14-19-30/h11-26,34-35H,27-29H2,1-10H3,(H,42,50)/b22-17+/t34-,35-/m1/s1. The highest BCUT2D eigenvalue weighted by Crippen LogP contribution is 2.22. The third kappa shape index (κ3) is 12.4. The van der Waals surface area contributed by atoms with Crippen LogP contribution in [0, 0.1) is 0 Å². The van der Waals surface area contributed by atoms with Gasteiger partial charge in [0.1, 0.15) is 17.7 Å². The number of benzene rings is 3. The maximum Gasteiger partial charge on any atom is 0.408 e. The van der Waals surface area contributed by atoms with E-state index >= 15 is 0 Å². The van der Waals surface area contributed by atoms with Crippen LogP contribution in [0.3, 0.4) is 0 Å². The Morgan fingerprint density at radius 1 is 0.667 bits per heavy atom. The summed E-state index contributed by atoms with van der Waals surface area (Å²) in [5, 5.41) is 6.00. The van der Waals surface area contributed by atoms with Crippen molar-refractivity contribution in [1.29, 1.82) is 0 Å². The molecule has 0 aliphatic heterocycles. The van der Waals surface area contributed by atoms with Gasteiger partial charge in [-0.2, -0.15) is 0 Å². The molecule has 0 bridgehead atoms. The molecule has 0 heterocycles. The Labute approximate surface area is 304 Å². The zero-order chi connectivity index (χ0) is 37.9. The lowest BCUT2D eigenvalue weighted by Gasteiger charge is -2.37. The fourth-order valence-corrected chi connectivity index (χ4v) is 5.46. The molecule has 0 saturated carbocycles. The van der Waals surface area contributed by atoms with Gasteiger partial charge in [0, 0.05) is 53.6 Å². The molecule has 1 N–H and O–H groups in total. The Hall–Kier alpha value is -4.96. The van der Waals surface area contributed by atoms with Gasteiger partial charge in [0.15, 0.2) is 0 Å². The van der Waals surface area contributed by atoms with E-state index in [1.807, 2.05) is 98.8 Å². The number of nitrogens with one attached hydrogen (secondary N) is 1. The summed E-state index contributed by atoms with van der Waals surface area (Å²) in [6, 6.07) is 25.8. The minimum atomic E-state index is -0.918. The van der Waals surface area contributed by atoms with Crippen LogP contribution >= 0.6 is 0 Å². The second kappa shape index (κ2) is 17.8. The maximum absolute atomic E-state index is 14.5. The molecule has 10 nitrogen and oxygen atoms in total. The molecule has 0 aliphatic rings. The van der Waals surface area contributed by atoms with Crippen LogP contribution in [0.5, 0.6) is 0 Å². The van der Waals surface area contributed by atoms with Gasteiger partial charge in [-0.25, -0.2) is 9.80 Å². The number of rotatable bonds is 14. The summed E-state index contributed by atoms with van der Waals surface area (Å²) >= 11 is 0. The maximum atomic E-state index is 14.5.